The van der Waals surface area contributed by atoms with Crippen molar-refractivity contribution in [2.75, 3.05) is 33.9 Å². The predicted molar refractivity (Wildman–Crippen MR) is 141 cm³/mol. The second kappa shape index (κ2) is 11.5. The van der Waals surface area contributed by atoms with Crippen LogP contribution in [0.25, 0.3) is 10.8 Å². The van der Waals surface area contributed by atoms with Crippen molar-refractivity contribution in [2.45, 2.75) is 56.8 Å². The van der Waals surface area contributed by atoms with Crippen molar-refractivity contribution < 1.29 is 23.9 Å². The third-order valence-corrected chi connectivity index (χ3v) is 7.69. The fraction of sp³-hybridized carbons (Fsp3) is 0.500. The highest BCUT2D eigenvalue weighted by Crippen LogP contribution is 2.38. The number of nitrogens with zero attached hydrogens (tertiary/aromatic N) is 4. The van der Waals surface area contributed by atoms with Crippen LogP contribution in [0.15, 0.2) is 48.9 Å². The molecule has 9 nitrogen and oxygen atoms in total. The maximum Gasteiger partial charge on any atom is 0.249 e. The van der Waals surface area contributed by atoms with Gasteiger partial charge in [0.2, 0.25) is 11.8 Å². The Morgan fingerprint density at radius 1 is 1.27 bits per heavy atom. The number of pyridine rings is 1. The number of nitrogens with two attached hydrogens (primary N) is 1. The van der Waals surface area contributed by atoms with Crippen LogP contribution in [0, 0.1) is 0 Å². The largest absolute Gasteiger partial charge is 0.471 e. The first kappa shape index (κ1) is 26.9. The number of hydrogen-bond donors (Lipinski definition) is 2. The van der Waals surface area contributed by atoms with E-state index in [2.05, 4.69) is 29.0 Å². The number of rotatable bonds is 11. The zero-order valence-corrected chi connectivity index (χ0v) is 22.0. The third-order valence-electron chi connectivity index (χ3n) is 7.69. The molecule has 198 valence electrons. The third kappa shape index (κ3) is 5.74. The minimum Gasteiger partial charge on any atom is -0.471 e. The van der Waals surface area contributed by atoms with Crippen LogP contribution in [0.3, 0.4) is 0 Å². The zero-order valence-electron chi connectivity index (χ0n) is 22.0. The second-order valence-corrected chi connectivity index (χ2v) is 10.4. The van der Waals surface area contributed by atoms with E-state index in [1.165, 1.54) is 0 Å². The van der Waals surface area contributed by atoms with Crippen molar-refractivity contribution in [1.29, 1.82) is 0 Å². The first-order valence-electron chi connectivity index (χ1n) is 13.0. The molecule has 0 bridgehead atoms. The highest BCUT2D eigenvalue weighted by atomic mass is 16.5. The molecule has 2 aromatic heterocycles. The Balaban J connectivity index is 1.59. The molecule has 1 aliphatic rings. The van der Waals surface area contributed by atoms with E-state index >= 15 is 0 Å². The summed E-state index contributed by atoms with van der Waals surface area (Å²) in [5.41, 5.74) is 6.57. The molecule has 1 aromatic carbocycles. The number of primary amides is 1. The van der Waals surface area contributed by atoms with Crippen molar-refractivity contribution in [3.8, 4) is 5.88 Å². The van der Waals surface area contributed by atoms with Gasteiger partial charge in [-0.05, 0) is 30.4 Å². The monoisotopic (exact) mass is 508 g/mol. The van der Waals surface area contributed by atoms with Crippen LogP contribution >= 0.6 is 0 Å². The van der Waals surface area contributed by atoms with E-state index in [1.54, 1.807) is 18.6 Å². The highest BCUT2D eigenvalue weighted by molar-refractivity contribution is 5.87. The lowest BCUT2D eigenvalue weighted by Crippen LogP contribution is -2.73. The van der Waals surface area contributed by atoms with Crippen LogP contribution < -0.4 is 10.5 Å². The molecule has 0 aliphatic carbocycles. The van der Waals surface area contributed by atoms with Crippen molar-refractivity contribution >= 4 is 16.7 Å². The fourth-order valence-corrected chi connectivity index (χ4v) is 5.33. The Kier molecular flexibility index (Phi) is 8.36. The van der Waals surface area contributed by atoms with Crippen molar-refractivity contribution in [2.24, 2.45) is 5.73 Å². The number of aliphatic hydroxyl groups excluding tert-OH is 1. The van der Waals surface area contributed by atoms with Gasteiger partial charge in [0.1, 0.15) is 24.8 Å². The summed E-state index contributed by atoms with van der Waals surface area (Å²) in [6, 6.07) is 10.2. The number of unbranched alkanes of at least 4 members (excludes halogenated alkanes) is 1. The van der Waals surface area contributed by atoms with Crippen LogP contribution in [0.4, 0.5) is 0 Å². The summed E-state index contributed by atoms with van der Waals surface area (Å²) in [5.74, 6) is -0.0544. The molecular weight excluding hydrogens is 470 g/mol. The molecule has 3 N–H and O–H groups in total. The van der Waals surface area contributed by atoms with Gasteiger partial charge < -0.3 is 24.8 Å². The quantitative estimate of drug-likeness (QED) is 0.382. The molecule has 0 radical (unpaired) electrons. The van der Waals surface area contributed by atoms with E-state index in [0.717, 1.165) is 41.4 Å². The maximum atomic E-state index is 12.1. The molecule has 9 heteroatoms. The summed E-state index contributed by atoms with van der Waals surface area (Å²) in [6.07, 6.45) is 6.73. The minimum absolute atomic E-state index is 0.305. The molecule has 1 fully saturated rings. The van der Waals surface area contributed by atoms with Crippen molar-refractivity contribution in [3.63, 3.8) is 0 Å². The average molecular weight is 509 g/mol. The molecule has 0 saturated carbocycles. The molecule has 0 spiro atoms. The molecule has 37 heavy (non-hydrogen) atoms. The lowest BCUT2D eigenvalue weighted by atomic mass is 9.76. The molecule has 3 heterocycles. The van der Waals surface area contributed by atoms with Gasteiger partial charge in [-0.15, -0.1) is 0 Å². The smallest absolute Gasteiger partial charge is 0.249 e. The van der Waals surface area contributed by atoms with Crippen molar-refractivity contribution in [3.05, 3.63) is 60.3 Å². The fourth-order valence-electron chi connectivity index (χ4n) is 5.33. The number of benzene rings is 1. The van der Waals surface area contributed by atoms with E-state index in [1.807, 2.05) is 32.3 Å². The van der Waals surface area contributed by atoms with Crippen LogP contribution in [-0.4, -0.2) is 82.0 Å². The van der Waals surface area contributed by atoms with Crippen molar-refractivity contribution in [1.82, 2.24) is 15.0 Å². The number of carbonyl (C=O) groups is 1. The van der Waals surface area contributed by atoms with E-state index in [0.29, 0.717) is 43.0 Å². The van der Waals surface area contributed by atoms with Crippen LogP contribution in [0.5, 0.6) is 5.88 Å². The summed E-state index contributed by atoms with van der Waals surface area (Å²) in [4.78, 5) is 25.6. The van der Waals surface area contributed by atoms with E-state index in [4.69, 9.17) is 20.2 Å². The number of carbonyl (C=O) groups excluding carboxylic acids is 1. The Morgan fingerprint density at radius 3 is 2.81 bits per heavy atom. The first-order chi connectivity index (χ1) is 17.8. The second-order valence-electron chi connectivity index (χ2n) is 10.4. The number of aryl methyl sites for hydroxylation is 1. The molecule has 4 rings (SSSR count). The Morgan fingerprint density at radius 2 is 2.08 bits per heavy atom. The normalized spacial score (nSPS) is 22.2. The van der Waals surface area contributed by atoms with E-state index < -0.39 is 23.7 Å². The standard InChI is InChI=1S/C28H37N5O4/c1-4-5-9-21-17-20-8-6-7-10-23(20)27(32-21)37-16-14-33(2,3)28(18-22-19-30-12-13-31-22)11-15-36-24(25(28)34)26(29)35/h6-8,10,12-13,17,19,24-25,34H,4-5,9,11,14-16,18H2,1-3H3,(H-,29,35)/p+1/t24?,25-,28+/m0/s1. The number of quaternary nitrogens is 1. The van der Waals surface area contributed by atoms with Gasteiger partial charge in [0.05, 0.1) is 26.4 Å². The van der Waals surface area contributed by atoms with Gasteiger partial charge in [-0.3, -0.25) is 14.8 Å². The number of amides is 1. The average Bonchev–Trinajstić information content (AvgIpc) is 2.89. The van der Waals surface area contributed by atoms with Crippen LogP contribution in [0.1, 0.15) is 37.6 Å². The summed E-state index contributed by atoms with van der Waals surface area (Å²) in [5, 5.41) is 13.6. The Hall–Kier alpha value is -3.14. The highest BCUT2D eigenvalue weighted by Gasteiger charge is 2.57. The van der Waals surface area contributed by atoms with E-state index in [-0.39, 0.29) is 0 Å². The number of ether oxygens (including phenoxy) is 2. The number of likely N-dealkylation sites (N-methyl/N-ethyl adjacent to an activating group) is 1. The summed E-state index contributed by atoms with van der Waals surface area (Å²) >= 11 is 0. The number of hydrogen-bond acceptors (Lipinski definition) is 7. The Labute approximate surface area is 218 Å². The topological polar surface area (TPSA) is 120 Å². The van der Waals surface area contributed by atoms with Gasteiger partial charge in [0, 0.05) is 42.5 Å². The molecule has 3 atom stereocenters. The minimum atomic E-state index is -1.12. The van der Waals surface area contributed by atoms with Gasteiger partial charge in [0.25, 0.3) is 0 Å². The predicted octanol–water partition coefficient (Wildman–Crippen LogP) is 2.44. The van der Waals surface area contributed by atoms with Crippen LogP contribution in [0.2, 0.25) is 0 Å². The van der Waals surface area contributed by atoms with E-state index in [9.17, 15) is 9.90 Å². The number of aromatic nitrogens is 3. The lowest BCUT2D eigenvalue weighted by Gasteiger charge is -2.54. The Bertz CT molecular complexity index is 1210. The van der Waals surface area contributed by atoms with Gasteiger partial charge in [-0.25, -0.2) is 4.98 Å². The molecule has 1 aliphatic heterocycles. The molecule has 1 unspecified atom stereocenters. The maximum absolute atomic E-state index is 12.1. The molecule has 1 saturated heterocycles. The summed E-state index contributed by atoms with van der Waals surface area (Å²) in [6.45, 7) is 3.40. The molecular formula is C28H38N5O4+. The first-order valence-corrected chi connectivity index (χ1v) is 13.0. The van der Waals surface area contributed by atoms with Gasteiger partial charge >= 0.3 is 0 Å². The number of aliphatic hydroxyl groups is 1. The SMILES string of the molecule is CCCCc1cc2ccccc2c(OCC[N+](C)(C)[C@@]2(Cc3cnccn3)CCOC(C(N)=O)[C@@H]2O)n1. The number of fused-ring (bicyclic) bond motifs is 1. The molecule has 1 amide bonds. The summed E-state index contributed by atoms with van der Waals surface area (Å²) < 4.78 is 12.3. The molecule has 3 aromatic rings. The van der Waals surface area contributed by atoms with Crippen LogP contribution in [-0.2, 0) is 22.4 Å². The van der Waals surface area contributed by atoms with Gasteiger partial charge in [0.15, 0.2) is 6.10 Å². The zero-order chi connectivity index (χ0) is 26.5. The summed E-state index contributed by atoms with van der Waals surface area (Å²) in [7, 11) is 4.07. The lowest BCUT2D eigenvalue weighted by molar-refractivity contribution is -0.948. The van der Waals surface area contributed by atoms with Gasteiger partial charge in [-0.1, -0.05) is 31.5 Å². The van der Waals surface area contributed by atoms with Gasteiger partial charge in [-0.2, -0.15) is 0 Å².